The minimum Gasteiger partial charge on any atom is -0.396 e. The highest BCUT2D eigenvalue weighted by atomic mass is 35.5. The molecule has 96 valence electrons. The van der Waals surface area contributed by atoms with Crippen LogP contribution in [0.5, 0.6) is 0 Å². The van der Waals surface area contributed by atoms with E-state index in [1.54, 1.807) is 24.3 Å². The molecule has 1 aromatic heterocycles. The van der Waals surface area contributed by atoms with Crippen molar-refractivity contribution in [3.63, 3.8) is 0 Å². The molecule has 0 aliphatic carbocycles. The summed E-state index contributed by atoms with van der Waals surface area (Å²) in [6.45, 7) is 0. The van der Waals surface area contributed by atoms with E-state index in [1.165, 1.54) is 12.3 Å². The molecule has 1 heterocycles. The average Bonchev–Trinajstić information content (AvgIpc) is 2.38. The number of aromatic nitrogens is 1. The summed E-state index contributed by atoms with van der Waals surface area (Å²) in [7, 11) is 0. The minimum absolute atomic E-state index is 0.0487. The molecule has 0 spiro atoms. The van der Waals surface area contributed by atoms with E-state index in [4.69, 9.17) is 28.9 Å². The molecule has 0 saturated heterocycles. The molecule has 0 aliphatic heterocycles. The van der Waals surface area contributed by atoms with Gasteiger partial charge in [0.1, 0.15) is 5.69 Å². The number of carbonyl (C=O) groups is 2. The Morgan fingerprint density at radius 1 is 1.11 bits per heavy atom. The number of pyridine rings is 1. The third kappa shape index (κ3) is 2.59. The first-order chi connectivity index (χ1) is 9.02. The molecule has 0 aliphatic rings. The van der Waals surface area contributed by atoms with Crippen molar-refractivity contribution in [3.8, 4) is 0 Å². The maximum Gasteiger partial charge on any atom is 0.272 e. The Hall–Kier alpha value is -1.91. The Labute approximate surface area is 119 Å². The van der Waals surface area contributed by atoms with Gasteiger partial charge in [0.15, 0.2) is 5.78 Å². The van der Waals surface area contributed by atoms with E-state index in [9.17, 15) is 9.59 Å². The van der Waals surface area contributed by atoms with E-state index in [2.05, 4.69) is 4.98 Å². The summed E-state index contributed by atoms with van der Waals surface area (Å²) in [5.74, 6) is -0.385. The van der Waals surface area contributed by atoms with Crippen molar-refractivity contribution < 1.29 is 9.59 Å². The number of hydrogen-bond donors (Lipinski definition) is 1. The second-order valence-corrected chi connectivity index (χ2v) is 4.45. The van der Waals surface area contributed by atoms with Crippen LogP contribution in [-0.4, -0.2) is 16.0 Å². The summed E-state index contributed by atoms with van der Waals surface area (Å²) in [5, 5.41) is -0.506. The molecule has 19 heavy (non-hydrogen) atoms. The van der Waals surface area contributed by atoms with Gasteiger partial charge >= 0.3 is 0 Å². The van der Waals surface area contributed by atoms with Crippen LogP contribution in [0.3, 0.4) is 0 Å². The number of halogens is 2. The standard InChI is InChI=1S/C13H8Cl2N2O2/c14-9-4-2-1-3-7(9)12(18)8-5-6-17-11(10(8)16)13(15)19/h1-6H,16H2. The number of rotatable bonds is 3. The average molecular weight is 295 g/mol. The lowest BCUT2D eigenvalue weighted by atomic mass is 10.0. The molecule has 1 aromatic carbocycles. The Morgan fingerprint density at radius 3 is 2.42 bits per heavy atom. The predicted molar refractivity (Wildman–Crippen MR) is 73.7 cm³/mol. The zero-order valence-corrected chi connectivity index (χ0v) is 11.1. The second kappa shape index (κ2) is 5.38. The first-order valence-electron chi connectivity index (χ1n) is 5.26. The van der Waals surface area contributed by atoms with Gasteiger partial charge in [0, 0.05) is 17.3 Å². The highest BCUT2D eigenvalue weighted by molar-refractivity contribution is 6.68. The highest BCUT2D eigenvalue weighted by Crippen LogP contribution is 2.24. The Balaban J connectivity index is 2.55. The van der Waals surface area contributed by atoms with E-state index in [0.717, 1.165) is 0 Å². The summed E-state index contributed by atoms with van der Waals surface area (Å²) in [6, 6.07) is 7.99. The van der Waals surface area contributed by atoms with E-state index >= 15 is 0 Å². The van der Waals surface area contributed by atoms with Crippen LogP contribution in [0, 0.1) is 0 Å². The fraction of sp³-hybridized carbons (Fsp3) is 0. The molecular formula is C13H8Cl2N2O2. The number of nitrogen functional groups attached to an aromatic ring is 1. The molecule has 0 fully saturated rings. The van der Waals surface area contributed by atoms with Gasteiger partial charge in [-0.1, -0.05) is 23.7 Å². The molecule has 0 amide bonds. The molecule has 6 heteroatoms. The van der Waals surface area contributed by atoms with Crippen LogP contribution in [0.2, 0.25) is 5.02 Å². The normalized spacial score (nSPS) is 10.2. The molecule has 2 rings (SSSR count). The smallest absolute Gasteiger partial charge is 0.272 e. The van der Waals surface area contributed by atoms with E-state index < -0.39 is 5.24 Å². The van der Waals surface area contributed by atoms with E-state index in [0.29, 0.717) is 10.6 Å². The van der Waals surface area contributed by atoms with Crippen molar-refractivity contribution in [1.29, 1.82) is 0 Å². The summed E-state index contributed by atoms with van der Waals surface area (Å²) in [4.78, 5) is 27.2. The highest BCUT2D eigenvalue weighted by Gasteiger charge is 2.19. The van der Waals surface area contributed by atoms with Gasteiger partial charge in [0.2, 0.25) is 0 Å². The third-order valence-electron chi connectivity index (χ3n) is 2.54. The first-order valence-corrected chi connectivity index (χ1v) is 6.01. The van der Waals surface area contributed by atoms with Crippen LogP contribution in [0.4, 0.5) is 5.69 Å². The monoisotopic (exact) mass is 294 g/mol. The van der Waals surface area contributed by atoms with Gasteiger partial charge in [-0.15, -0.1) is 0 Å². The summed E-state index contributed by atoms with van der Waals surface area (Å²) in [5.41, 5.74) is 6.00. The van der Waals surface area contributed by atoms with Crippen molar-refractivity contribution >= 4 is 39.9 Å². The number of benzene rings is 1. The van der Waals surface area contributed by atoms with Gasteiger partial charge in [-0.3, -0.25) is 9.59 Å². The number of ketones is 1. The lowest BCUT2D eigenvalue weighted by molar-refractivity contribution is 0.103. The number of nitrogens with zero attached hydrogens (tertiary/aromatic N) is 1. The van der Waals surface area contributed by atoms with Gasteiger partial charge in [-0.25, -0.2) is 4.98 Å². The van der Waals surface area contributed by atoms with Crippen molar-refractivity contribution in [2.75, 3.05) is 5.73 Å². The molecular weight excluding hydrogens is 287 g/mol. The van der Waals surface area contributed by atoms with Gasteiger partial charge < -0.3 is 5.73 Å². The fourth-order valence-electron chi connectivity index (χ4n) is 1.62. The number of hydrogen-bond acceptors (Lipinski definition) is 4. The molecule has 0 unspecified atom stereocenters. The van der Waals surface area contributed by atoms with Gasteiger partial charge in [-0.05, 0) is 29.8 Å². The Morgan fingerprint density at radius 2 is 1.79 bits per heavy atom. The predicted octanol–water partition coefficient (Wildman–Crippen LogP) is 2.93. The molecule has 4 nitrogen and oxygen atoms in total. The molecule has 0 atom stereocenters. The lowest BCUT2D eigenvalue weighted by Crippen LogP contribution is -2.10. The van der Waals surface area contributed by atoms with Gasteiger partial charge in [0.25, 0.3) is 5.24 Å². The van der Waals surface area contributed by atoms with Crippen LogP contribution < -0.4 is 5.73 Å². The van der Waals surface area contributed by atoms with E-state index in [-0.39, 0.29) is 22.7 Å². The molecule has 2 N–H and O–H groups in total. The van der Waals surface area contributed by atoms with Crippen molar-refractivity contribution in [1.82, 2.24) is 4.98 Å². The molecule has 0 saturated carbocycles. The molecule has 0 bridgehead atoms. The van der Waals surface area contributed by atoms with Gasteiger partial charge in [0.05, 0.1) is 10.7 Å². The topological polar surface area (TPSA) is 73.1 Å². The summed E-state index contributed by atoms with van der Waals surface area (Å²) in [6.07, 6.45) is 1.30. The zero-order chi connectivity index (χ0) is 14.0. The van der Waals surface area contributed by atoms with Crippen LogP contribution in [0.15, 0.2) is 36.5 Å². The van der Waals surface area contributed by atoms with Crippen molar-refractivity contribution in [3.05, 3.63) is 58.4 Å². The number of carbonyl (C=O) groups excluding carboxylic acids is 2. The number of nitrogens with two attached hydrogens (primary N) is 1. The van der Waals surface area contributed by atoms with E-state index in [1.807, 2.05) is 0 Å². The summed E-state index contributed by atoms with van der Waals surface area (Å²) < 4.78 is 0. The summed E-state index contributed by atoms with van der Waals surface area (Å²) >= 11 is 11.3. The van der Waals surface area contributed by atoms with Gasteiger partial charge in [-0.2, -0.15) is 0 Å². The first kappa shape index (κ1) is 13.5. The largest absolute Gasteiger partial charge is 0.396 e. The molecule has 0 radical (unpaired) electrons. The maximum absolute atomic E-state index is 12.3. The second-order valence-electron chi connectivity index (χ2n) is 3.70. The SMILES string of the molecule is Nc1c(C(=O)c2ccccc2Cl)ccnc1C(=O)Cl. The van der Waals surface area contributed by atoms with Crippen LogP contribution in [0.25, 0.3) is 0 Å². The van der Waals surface area contributed by atoms with Crippen LogP contribution in [-0.2, 0) is 0 Å². The van der Waals surface area contributed by atoms with Crippen molar-refractivity contribution in [2.24, 2.45) is 0 Å². The Kier molecular flexibility index (Phi) is 3.83. The third-order valence-corrected chi connectivity index (χ3v) is 3.05. The fourth-order valence-corrected chi connectivity index (χ4v) is 1.99. The minimum atomic E-state index is -0.814. The van der Waals surface area contributed by atoms with Crippen LogP contribution in [0.1, 0.15) is 26.4 Å². The molecule has 2 aromatic rings. The Bertz CT molecular complexity index is 671. The quantitative estimate of drug-likeness (QED) is 0.698. The number of anilines is 1. The van der Waals surface area contributed by atoms with Crippen molar-refractivity contribution in [2.45, 2.75) is 0 Å². The van der Waals surface area contributed by atoms with Crippen LogP contribution >= 0.6 is 23.2 Å². The maximum atomic E-state index is 12.3. The zero-order valence-electron chi connectivity index (χ0n) is 9.56. The lowest BCUT2D eigenvalue weighted by Gasteiger charge is -2.07.